The van der Waals surface area contributed by atoms with E-state index in [9.17, 15) is 0 Å². The van der Waals surface area contributed by atoms with Gasteiger partial charge < -0.3 is 0 Å². The molecule has 46 valence electrons. The summed E-state index contributed by atoms with van der Waals surface area (Å²) in [4.78, 5) is 0. The molecular formula is C8H14. The lowest BCUT2D eigenvalue weighted by Gasteiger charge is -2.24. The van der Waals surface area contributed by atoms with Crippen LogP contribution in [0.3, 0.4) is 0 Å². The second-order valence-electron chi connectivity index (χ2n) is 2.96. The predicted octanol–water partition coefficient (Wildman–Crippen LogP) is 2.75. The first-order valence-corrected chi connectivity index (χ1v) is 3.43. The van der Waals surface area contributed by atoms with Gasteiger partial charge in [-0.05, 0) is 19.3 Å². The maximum Gasteiger partial charge on any atom is -0.0297 e. The summed E-state index contributed by atoms with van der Waals surface area (Å²) in [6, 6.07) is 0. The number of hydrogen-bond donors (Lipinski definition) is 0. The Morgan fingerprint density at radius 1 is 1.62 bits per heavy atom. The quantitative estimate of drug-likeness (QED) is 0.479. The van der Waals surface area contributed by atoms with Gasteiger partial charge >= 0.3 is 0 Å². The van der Waals surface area contributed by atoms with Crippen LogP contribution >= 0.6 is 0 Å². The summed E-state index contributed by atoms with van der Waals surface area (Å²) in [6.07, 6.45) is 5.64. The lowest BCUT2D eigenvalue weighted by Crippen LogP contribution is -2.10. The zero-order chi connectivity index (χ0) is 5.98. The van der Waals surface area contributed by atoms with Crippen molar-refractivity contribution in [2.45, 2.75) is 32.6 Å². The maximum atomic E-state index is 3.88. The van der Waals surface area contributed by atoms with Crippen molar-refractivity contribution in [3.8, 4) is 0 Å². The molecule has 0 N–H and O–H groups in total. The minimum Gasteiger partial charge on any atom is -0.100 e. The predicted molar refractivity (Wildman–Crippen MR) is 36.8 cm³/mol. The molecule has 0 heteroatoms. The number of allylic oxidation sites excluding steroid dienone is 1. The van der Waals surface area contributed by atoms with E-state index in [1.807, 2.05) is 0 Å². The molecule has 0 saturated heterocycles. The fourth-order valence-corrected chi connectivity index (χ4v) is 1.19. The minimum atomic E-state index is 1.01. The molecule has 1 aliphatic carbocycles. The minimum absolute atomic E-state index is 1.01. The van der Waals surface area contributed by atoms with E-state index in [4.69, 9.17) is 0 Å². The molecule has 0 unspecified atom stereocenters. The highest BCUT2D eigenvalue weighted by molar-refractivity contribution is 4.92. The number of rotatable bonds is 2. The van der Waals surface area contributed by atoms with Gasteiger partial charge in [0.05, 0.1) is 0 Å². The van der Waals surface area contributed by atoms with Gasteiger partial charge in [-0.1, -0.05) is 24.8 Å². The Morgan fingerprint density at radius 2 is 2.25 bits per heavy atom. The first-order valence-electron chi connectivity index (χ1n) is 3.43. The van der Waals surface area contributed by atoms with Crippen molar-refractivity contribution in [3.05, 3.63) is 12.2 Å². The van der Waals surface area contributed by atoms with Gasteiger partial charge in [0, 0.05) is 0 Å². The molecule has 0 atom stereocenters. The average molecular weight is 110 g/mol. The maximum absolute atomic E-state index is 3.88. The average Bonchev–Trinajstić information content (AvgIpc) is 1.55. The molecule has 1 fully saturated rings. The van der Waals surface area contributed by atoms with Crippen LogP contribution in [0.15, 0.2) is 12.2 Å². The smallest absolute Gasteiger partial charge is 0.0297 e. The Morgan fingerprint density at radius 3 is 2.38 bits per heavy atom. The van der Waals surface area contributed by atoms with Gasteiger partial charge in [0.15, 0.2) is 0 Å². The van der Waals surface area contributed by atoms with Crippen molar-refractivity contribution in [1.29, 1.82) is 0 Å². The molecule has 0 aromatic rings. The first kappa shape index (κ1) is 5.87. The Labute approximate surface area is 51.6 Å². The lowest BCUT2D eigenvalue weighted by atomic mass is 9.81. The van der Waals surface area contributed by atoms with Crippen molar-refractivity contribution < 1.29 is 0 Å². The summed E-state index contributed by atoms with van der Waals surface area (Å²) >= 11 is 0. The van der Waals surface area contributed by atoms with Crippen molar-refractivity contribution in [2.24, 2.45) is 5.92 Å². The highest BCUT2D eigenvalue weighted by Gasteiger charge is 2.16. The van der Waals surface area contributed by atoms with E-state index in [1.54, 1.807) is 0 Å². The van der Waals surface area contributed by atoms with Crippen molar-refractivity contribution in [3.63, 3.8) is 0 Å². The third-order valence-corrected chi connectivity index (χ3v) is 1.86. The van der Waals surface area contributed by atoms with E-state index >= 15 is 0 Å². The molecule has 0 nitrogen and oxygen atoms in total. The molecule has 1 saturated carbocycles. The van der Waals surface area contributed by atoms with E-state index in [1.165, 1.54) is 31.3 Å². The molecule has 0 aromatic heterocycles. The molecule has 1 rings (SSSR count). The monoisotopic (exact) mass is 110 g/mol. The van der Waals surface area contributed by atoms with E-state index < -0.39 is 0 Å². The van der Waals surface area contributed by atoms with Gasteiger partial charge in [-0.2, -0.15) is 0 Å². The van der Waals surface area contributed by atoms with E-state index in [0.717, 1.165) is 5.92 Å². The van der Waals surface area contributed by atoms with Gasteiger partial charge in [0.1, 0.15) is 0 Å². The first-order chi connectivity index (χ1) is 3.79. The van der Waals surface area contributed by atoms with Crippen LogP contribution in [0.1, 0.15) is 32.6 Å². The van der Waals surface area contributed by atoms with Crippen molar-refractivity contribution >= 4 is 0 Å². The molecule has 0 amide bonds. The highest BCUT2D eigenvalue weighted by Crippen LogP contribution is 2.31. The molecule has 0 bridgehead atoms. The summed E-state index contributed by atoms with van der Waals surface area (Å²) in [7, 11) is 0. The molecule has 0 aromatic carbocycles. The fraction of sp³-hybridized carbons (Fsp3) is 0.750. The summed E-state index contributed by atoms with van der Waals surface area (Å²) in [5.41, 5.74) is 1.36. The molecule has 0 aliphatic heterocycles. The molecule has 0 radical (unpaired) electrons. The van der Waals surface area contributed by atoms with Gasteiger partial charge in [0.2, 0.25) is 0 Å². The summed E-state index contributed by atoms with van der Waals surface area (Å²) in [5, 5.41) is 0. The van der Waals surface area contributed by atoms with Crippen molar-refractivity contribution in [1.82, 2.24) is 0 Å². The fourth-order valence-electron chi connectivity index (χ4n) is 1.19. The summed E-state index contributed by atoms with van der Waals surface area (Å²) in [6.45, 7) is 6.00. The zero-order valence-electron chi connectivity index (χ0n) is 5.61. The SMILES string of the molecule is C=C(C)CC1CCC1. The van der Waals surface area contributed by atoms with Gasteiger partial charge in [-0.25, -0.2) is 0 Å². The second kappa shape index (κ2) is 2.34. The zero-order valence-corrected chi connectivity index (χ0v) is 5.61. The van der Waals surface area contributed by atoms with Crippen molar-refractivity contribution in [2.75, 3.05) is 0 Å². The van der Waals surface area contributed by atoms with Crippen LogP contribution in [0, 0.1) is 5.92 Å². The molecule has 0 heterocycles. The van der Waals surface area contributed by atoms with E-state index in [-0.39, 0.29) is 0 Å². The highest BCUT2D eigenvalue weighted by atomic mass is 14.2. The summed E-state index contributed by atoms with van der Waals surface area (Å²) < 4.78 is 0. The third kappa shape index (κ3) is 1.36. The van der Waals surface area contributed by atoms with E-state index in [2.05, 4.69) is 13.5 Å². The Kier molecular flexibility index (Phi) is 1.72. The Bertz CT molecular complexity index is 88.2. The van der Waals surface area contributed by atoms with Gasteiger partial charge in [-0.3, -0.25) is 0 Å². The van der Waals surface area contributed by atoms with Crippen LogP contribution in [-0.2, 0) is 0 Å². The van der Waals surface area contributed by atoms with Crippen LogP contribution in [0.2, 0.25) is 0 Å². The standard InChI is InChI=1S/C8H14/c1-7(2)6-8-4-3-5-8/h8H,1,3-6H2,2H3. The van der Waals surface area contributed by atoms with Gasteiger partial charge in [0.25, 0.3) is 0 Å². The topological polar surface area (TPSA) is 0 Å². The van der Waals surface area contributed by atoms with Crippen LogP contribution in [-0.4, -0.2) is 0 Å². The molecule has 1 aliphatic rings. The number of hydrogen-bond acceptors (Lipinski definition) is 0. The second-order valence-corrected chi connectivity index (χ2v) is 2.96. The summed E-state index contributed by atoms with van der Waals surface area (Å²) in [5.74, 6) is 1.01. The van der Waals surface area contributed by atoms with E-state index in [0.29, 0.717) is 0 Å². The largest absolute Gasteiger partial charge is 0.100 e. The molecular weight excluding hydrogens is 96.1 g/mol. The van der Waals surface area contributed by atoms with Crippen LogP contribution in [0.25, 0.3) is 0 Å². The van der Waals surface area contributed by atoms with Crippen LogP contribution in [0.5, 0.6) is 0 Å². The molecule has 8 heavy (non-hydrogen) atoms. The third-order valence-electron chi connectivity index (χ3n) is 1.86. The Balaban J connectivity index is 2.09. The molecule has 0 spiro atoms. The van der Waals surface area contributed by atoms with Gasteiger partial charge in [-0.15, -0.1) is 6.58 Å². The normalized spacial score (nSPS) is 20.1. The van der Waals surface area contributed by atoms with Crippen LogP contribution in [0.4, 0.5) is 0 Å². The van der Waals surface area contributed by atoms with Crippen LogP contribution < -0.4 is 0 Å². The lowest BCUT2D eigenvalue weighted by molar-refractivity contribution is 0.314. The Hall–Kier alpha value is -0.260.